The highest BCUT2D eigenvalue weighted by atomic mass is 35.5. The molecule has 1 heterocycles. The summed E-state index contributed by atoms with van der Waals surface area (Å²) in [5, 5.41) is 4.75. The van der Waals surface area contributed by atoms with Crippen LogP contribution in [0.3, 0.4) is 0 Å². The van der Waals surface area contributed by atoms with Crippen LogP contribution in [0.15, 0.2) is 23.1 Å². The monoisotopic (exact) mass is 315 g/mol. The molecule has 0 spiro atoms. The molecule has 0 aliphatic carbocycles. The summed E-state index contributed by atoms with van der Waals surface area (Å²) < 4.78 is 27.6. The Balaban J connectivity index is 2.30. The molecule has 0 aliphatic rings. The van der Waals surface area contributed by atoms with Crippen molar-refractivity contribution in [2.75, 3.05) is 5.73 Å². The number of benzene rings is 1. The smallest absolute Gasteiger partial charge is 0.141 e. The van der Waals surface area contributed by atoms with Crippen LogP contribution < -0.4 is 5.73 Å². The molecule has 1 aromatic carbocycles. The highest BCUT2D eigenvalue weighted by molar-refractivity contribution is 7.84. The molecule has 0 fully saturated rings. The number of hydrogen-bond acceptors (Lipinski definition) is 3. The van der Waals surface area contributed by atoms with Crippen molar-refractivity contribution in [1.82, 2.24) is 9.78 Å². The van der Waals surface area contributed by atoms with E-state index in [-0.39, 0.29) is 10.6 Å². The van der Waals surface area contributed by atoms with Gasteiger partial charge in [-0.25, -0.2) is 4.39 Å². The van der Waals surface area contributed by atoms with Crippen molar-refractivity contribution < 1.29 is 8.60 Å². The average molecular weight is 316 g/mol. The third kappa shape index (κ3) is 2.86. The summed E-state index contributed by atoms with van der Waals surface area (Å²) >= 11 is 6.19. The summed E-state index contributed by atoms with van der Waals surface area (Å²) in [6.45, 7) is 1.94. The molecule has 2 rings (SSSR count). The summed E-state index contributed by atoms with van der Waals surface area (Å²) in [4.78, 5) is 0.120. The maximum absolute atomic E-state index is 13.7. The molecule has 2 N–H and O–H groups in total. The third-order valence-corrected chi connectivity index (χ3v) is 4.77. The molecule has 2 aromatic rings. The molecule has 7 heteroatoms. The van der Waals surface area contributed by atoms with Crippen LogP contribution in [0, 0.1) is 5.82 Å². The van der Waals surface area contributed by atoms with Gasteiger partial charge in [0.15, 0.2) is 0 Å². The minimum absolute atomic E-state index is 0.114. The number of nitrogens with two attached hydrogens (primary N) is 1. The van der Waals surface area contributed by atoms with Crippen LogP contribution in [-0.4, -0.2) is 14.0 Å². The Morgan fingerprint density at radius 2 is 2.20 bits per heavy atom. The maximum Gasteiger partial charge on any atom is 0.141 e. The SMILES string of the molecule is CCc1nn(C)c(CS(=O)c2ccc(N)cc2F)c1Cl. The van der Waals surface area contributed by atoms with Gasteiger partial charge in [0.25, 0.3) is 0 Å². The van der Waals surface area contributed by atoms with Crippen molar-refractivity contribution in [2.24, 2.45) is 7.05 Å². The van der Waals surface area contributed by atoms with Crippen LogP contribution in [0.4, 0.5) is 10.1 Å². The molecule has 0 radical (unpaired) electrons. The van der Waals surface area contributed by atoms with E-state index in [0.29, 0.717) is 22.8 Å². The number of anilines is 1. The number of halogens is 2. The van der Waals surface area contributed by atoms with Gasteiger partial charge >= 0.3 is 0 Å². The van der Waals surface area contributed by atoms with Crippen molar-refractivity contribution >= 4 is 28.1 Å². The first-order chi connectivity index (χ1) is 9.43. The second-order valence-electron chi connectivity index (χ2n) is 4.36. The lowest BCUT2D eigenvalue weighted by atomic mass is 10.3. The Morgan fingerprint density at radius 1 is 1.50 bits per heavy atom. The van der Waals surface area contributed by atoms with Gasteiger partial charge in [0.1, 0.15) is 5.82 Å². The fourth-order valence-electron chi connectivity index (χ4n) is 1.88. The average Bonchev–Trinajstić information content (AvgIpc) is 2.66. The molecular weight excluding hydrogens is 301 g/mol. The van der Waals surface area contributed by atoms with Gasteiger partial charge in [-0.3, -0.25) is 8.89 Å². The number of aryl methyl sites for hydroxylation is 2. The molecule has 1 atom stereocenters. The molecule has 108 valence electrons. The van der Waals surface area contributed by atoms with Crippen molar-refractivity contribution in [3.05, 3.63) is 40.4 Å². The number of nitrogen functional groups attached to an aromatic ring is 1. The van der Waals surface area contributed by atoms with Crippen LogP contribution >= 0.6 is 11.6 Å². The van der Waals surface area contributed by atoms with E-state index in [0.717, 1.165) is 11.8 Å². The van der Waals surface area contributed by atoms with Gasteiger partial charge in [0.05, 0.1) is 37.9 Å². The molecule has 0 aliphatic heterocycles. The summed E-state index contributed by atoms with van der Waals surface area (Å²) in [6.07, 6.45) is 0.690. The van der Waals surface area contributed by atoms with Gasteiger partial charge in [0.2, 0.25) is 0 Å². The minimum Gasteiger partial charge on any atom is -0.399 e. The van der Waals surface area contributed by atoms with Crippen molar-refractivity contribution in [2.45, 2.75) is 24.0 Å². The topological polar surface area (TPSA) is 60.9 Å². The van der Waals surface area contributed by atoms with Crippen molar-refractivity contribution in [1.29, 1.82) is 0 Å². The summed E-state index contributed by atoms with van der Waals surface area (Å²) in [6, 6.07) is 4.12. The molecule has 1 aromatic heterocycles. The summed E-state index contributed by atoms with van der Waals surface area (Å²) in [5.74, 6) is -0.458. The molecule has 0 saturated heterocycles. The van der Waals surface area contributed by atoms with E-state index >= 15 is 0 Å². The van der Waals surface area contributed by atoms with E-state index in [1.807, 2.05) is 6.92 Å². The fraction of sp³-hybridized carbons (Fsp3) is 0.308. The molecule has 1 unspecified atom stereocenters. The lowest BCUT2D eigenvalue weighted by Crippen LogP contribution is -2.05. The molecule has 0 saturated carbocycles. The maximum atomic E-state index is 13.7. The van der Waals surface area contributed by atoms with Gasteiger partial charge in [-0.1, -0.05) is 18.5 Å². The lowest BCUT2D eigenvalue weighted by Gasteiger charge is -2.05. The van der Waals surface area contributed by atoms with Crippen LogP contribution in [0.1, 0.15) is 18.3 Å². The quantitative estimate of drug-likeness (QED) is 0.882. The van der Waals surface area contributed by atoms with E-state index < -0.39 is 16.6 Å². The Morgan fingerprint density at radius 3 is 2.75 bits per heavy atom. The molecule has 20 heavy (non-hydrogen) atoms. The van der Waals surface area contributed by atoms with Gasteiger partial charge < -0.3 is 5.73 Å². The van der Waals surface area contributed by atoms with Gasteiger partial charge in [-0.05, 0) is 24.6 Å². The van der Waals surface area contributed by atoms with E-state index in [4.69, 9.17) is 17.3 Å². The number of aromatic nitrogens is 2. The number of nitrogens with zero attached hydrogens (tertiary/aromatic N) is 2. The first-order valence-electron chi connectivity index (χ1n) is 6.07. The van der Waals surface area contributed by atoms with Crippen molar-refractivity contribution in [3.63, 3.8) is 0 Å². The lowest BCUT2D eigenvalue weighted by molar-refractivity contribution is 0.595. The Bertz CT molecular complexity index is 672. The third-order valence-electron chi connectivity index (χ3n) is 2.97. The first kappa shape index (κ1) is 15.0. The number of hydrogen-bond donors (Lipinski definition) is 1. The predicted octanol–water partition coefficient (Wildman–Crippen LogP) is 2.67. The predicted molar refractivity (Wildman–Crippen MR) is 78.5 cm³/mol. The second-order valence-corrected chi connectivity index (χ2v) is 6.16. The molecular formula is C13H15ClFN3OS. The highest BCUT2D eigenvalue weighted by Gasteiger charge is 2.18. The highest BCUT2D eigenvalue weighted by Crippen LogP contribution is 2.25. The Hall–Kier alpha value is -1.40. The Kier molecular flexibility index (Phi) is 4.45. The van der Waals surface area contributed by atoms with E-state index in [1.54, 1.807) is 11.7 Å². The normalized spacial score (nSPS) is 12.6. The van der Waals surface area contributed by atoms with E-state index in [9.17, 15) is 8.60 Å². The van der Waals surface area contributed by atoms with Crippen molar-refractivity contribution in [3.8, 4) is 0 Å². The number of rotatable bonds is 4. The zero-order valence-corrected chi connectivity index (χ0v) is 12.8. The largest absolute Gasteiger partial charge is 0.399 e. The van der Waals surface area contributed by atoms with Crippen LogP contribution in [-0.2, 0) is 30.0 Å². The first-order valence-corrected chi connectivity index (χ1v) is 7.77. The molecule has 4 nitrogen and oxygen atoms in total. The summed E-state index contributed by atoms with van der Waals surface area (Å²) in [7, 11) is 0.194. The Labute approximate surface area is 124 Å². The standard InChI is InChI=1S/C13H15ClFN3OS/c1-3-10-13(14)11(18(2)17-10)7-20(19)12-5-4-8(16)6-9(12)15/h4-6H,3,7,16H2,1-2H3. The minimum atomic E-state index is -1.54. The summed E-state index contributed by atoms with van der Waals surface area (Å²) in [5.41, 5.74) is 7.16. The second kappa shape index (κ2) is 5.93. The van der Waals surface area contributed by atoms with Gasteiger partial charge in [-0.15, -0.1) is 0 Å². The molecule has 0 amide bonds. The molecule has 0 bridgehead atoms. The van der Waals surface area contributed by atoms with Gasteiger partial charge in [-0.2, -0.15) is 5.10 Å². The van der Waals surface area contributed by atoms with E-state index in [2.05, 4.69) is 5.10 Å². The van der Waals surface area contributed by atoms with Crippen LogP contribution in [0.2, 0.25) is 5.02 Å². The fourth-order valence-corrected chi connectivity index (χ4v) is 3.55. The van der Waals surface area contributed by atoms with Crippen LogP contribution in [0.25, 0.3) is 0 Å². The van der Waals surface area contributed by atoms with Crippen LogP contribution in [0.5, 0.6) is 0 Å². The van der Waals surface area contributed by atoms with Gasteiger partial charge in [0, 0.05) is 12.7 Å². The van der Waals surface area contributed by atoms with E-state index in [1.165, 1.54) is 12.1 Å². The zero-order valence-electron chi connectivity index (χ0n) is 11.2. The zero-order chi connectivity index (χ0) is 14.9.